The lowest BCUT2D eigenvalue weighted by atomic mass is 10.0. The van der Waals surface area contributed by atoms with Gasteiger partial charge in [0.1, 0.15) is 0 Å². The Kier molecular flexibility index (Phi) is 23.1. The van der Waals surface area contributed by atoms with Crippen molar-refractivity contribution in [3.05, 3.63) is 0 Å². The quantitative estimate of drug-likeness (QED) is 0.147. The predicted molar refractivity (Wildman–Crippen MR) is 142 cm³/mol. The summed E-state index contributed by atoms with van der Waals surface area (Å²) in [4.78, 5) is 19.3. The minimum absolute atomic E-state index is 0.372. The van der Waals surface area contributed by atoms with E-state index in [1.54, 1.807) is 0 Å². The van der Waals surface area contributed by atoms with Crippen LogP contribution in [0, 0.1) is 0 Å². The van der Waals surface area contributed by atoms with Crippen molar-refractivity contribution in [3.8, 4) is 0 Å². The van der Waals surface area contributed by atoms with E-state index >= 15 is 0 Å². The molecule has 32 heavy (non-hydrogen) atoms. The van der Waals surface area contributed by atoms with Crippen LogP contribution in [0.4, 0.5) is 0 Å². The molecule has 4 heteroatoms. The van der Waals surface area contributed by atoms with E-state index in [9.17, 15) is 4.79 Å². The molecule has 0 aromatic heterocycles. The summed E-state index contributed by atoms with van der Waals surface area (Å²) in [6.45, 7) is 6.20. The average molecular weight is 454 g/mol. The van der Waals surface area contributed by atoms with Crippen molar-refractivity contribution < 1.29 is 4.79 Å². The summed E-state index contributed by atoms with van der Waals surface area (Å²) in [6.07, 6.45) is 23.4. The van der Waals surface area contributed by atoms with E-state index in [4.69, 9.17) is 0 Å². The molecular weight excluding hydrogens is 394 g/mol. The number of amides is 1. The Balaban J connectivity index is 3.68. The molecule has 1 amide bonds. The lowest BCUT2D eigenvalue weighted by Crippen LogP contribution is -2.35. The fourth-order valence-corrected chi connectivity index (χ4v) is 4.32. The molecule has 0 aliphatic heterocycles. The van der Waals surface area contributed by atoms with Gasteiger partial charge in [0.2, 0.25) is 5.91 Å². The van der Waals surface area contributed by atoms with Gasteiger partial charge in [-0.25, -0.2) is 0 Å². The van der Waals surface area contributed by atoms with E-state index in [0.717, 1.165) is 51.9 Å². The van der Waals surface area contributed by atoms with Crippen molar-refractivity contribution in [3.63, 3.8) is 0 Å². The molecule has 0 heterocycles. The van der Waals surface area contributed by atoms with Gasteiger partial charge in [-0.2, -0.15) is 0 Å². The summed E-state index contributed by atoms with van der Waals surface area (Å²) < 4.78 is 0. The lowest BCUT2D eigenvalue weighted by Gasteiger charge is -2.24. The fraction of sp³-hybridized carbons (Fsp3) is 0.964. The molecule has 0 aliphatic carbocycles. The van der Waals surface area contributed by atoms with Crippen LogP contribution in [0.15, 0.2) is 0 Å². The highest BCUT2D eigenvalue weighted by molar-refractivity contribution is 5.76. The maximum absolute atomic E-state index is 12.7. The SMILES string of the molecule is CCCCCCCCCCCCCCCCCC(=O)N(CCCN(C)C)CCCN(C)C. The van der Waals surface area contributed by atoms with E-state index in [0.29, 0.717) is 5.91 Å². The summed E-state index contributed by atoms with van der Waals surface area (Å²) in [5.74, 6) is 0.372. The maximum atomic E-state index is 12.7. The second-order valence-corrected chi connectivity index (χ2v) is 10.4. The van der Waals surface area contributed by atoms with Crippen molar-refractivity contribution in [2.75, 3.05) is 54.4 Å². The molecule has 0 atom stereocenters. The Bertz CT molecular complexity index is 384. The molecular formula is C28H59N3O. The Morgan fingerprint density at radius 1 is 0.469 bits per heavy atom. The van der Waals surface area contributed by atoms with Crippen LogP contribution in [0.5, 0.6) is 0 Å². The van der Waals surface area contributed by atoms with Crippen molar-refractivity contribution >= 4 is 5.91 Å². The molecule has 192 valence electrons. The minimum Gasteiger partial charge on any atom is -0.343 e. The molecule has 0 rings (SSSR count). The van der Waals surface area contributed by atoms with Crippen LogP contribution in [0.1, 0.15) is 122 Å². The first kappa shape index (κ1) is 31.4. The van der Waals surface area contributed by atoms with Gasteiger partial charge in [0, 0.05) is 19.5 Å². The molecule has 0 saturated carbocycles. The third-order valence-electron chi connectivity index (χ3n) is 6.41. The van der Waals surface area contributed by atoms with Crippen LogP contribution < -0.4 is 0 Å². The Morgan fingerprint density at radius 2 is 0.812 bits per heavy atom. The van der Waals surface area contributed by atoms with E-state index < -0.39 is 0 Å². The van der Waals surface area contributed by atoms with E-state index in [1.807, 2.05) is 0 Å². The molecule has 0 unspecified atom stereocenters. The Hall–Kier alpha value is -0.610. The summed E-state index contributed by atoms with van der Waals surface area (Å²) in [5.41, 5.74) is 0. The first-order chi connectivity index (χ1) is 15.5. The Labute approximate surface area is 202 Å². The number of hydrogen-bond acceptors (Lipinski definition) is 3. The zero-order valence-electron chi connectivity index (χ0n) is 22.8. The summed E-state index contributed by atoms with van der Waals surface area (Å²) >= 11 is 0. The third kappa shape index (κ3) is 22.6. The van der Waals surface area contributed by atoms with E-state index in [-0.39, 0.29) is 0 Å². The monoisotopic (exact) mass is 453 g/mol. The highest BCUT2D eigenvalue weighted by Gasteiger charge is 2.13. The second kappa shape index (κ2) is 23.5. The molecule has 0 saturated heterocycles. The first-order valence-electron chi connectivity index (χ1n) is 14.0. The lowest BCUT2D eigenvalue weighted by molar-refractivity contribution is -0.131. The van der Waals surface area contributed by atoms with Crippen molar-refractivity contribution in [1.29, 1.82) is 0 Å². The summed E-state index contributed by atoms with van der Waals surface area (Å²) in [5, 5.41) is 0. The summed E-state index contributed by atoms with van der Waals surface area (Å²) in [7, 11) is 8.42. The largest absolute Gasteiger partial charge is 0.343 e. The highest BCUT2D eigenvalue weighted by atomic mass is 16.2. The van der Waals surface area contributed by atoms with Gasteiger partial charge in [0.25, 0.3) is 0 Å². The minimum atomic E-state index is 0.372. The highest BCUT2D eigenvalue weighted by Crippen LogP contribution is 2.14. The number of rotatable bonds is 24. The number of hydrogen-bond donors (Lipinski definition) is 0. The van der Waals surface area contributed by atoms with Crippen LogP contribution in [0.3, 0.4) is 0 Å². The number of unbranched alkanes of at least 4 members (excludes halogenated alkanes) is 14. The van der Waals surface area contributed by atoms with Gasteiger partial charge in [0.05, 0.1) is 0 Å². The average Bonchev–Trinajstić information content (AvgIpc) is 2.74. The first-order valence-corrected chi connectivity index (χ1v) is 14.0. The van der Waals surface area contributed by atoms with Gasteiger partial charge in [-0.1, -0.05) is 96.8 Å². The second-order valence-electron chi connectivity index (χ2n) is 10.4. The number of carbonyl (C=O) groups excluding carboxylic acids is 1. The van der Waals surface area contributed by atoms with Crippen LogP contribution in [0.2, 0.25) is 0 Å². The van der Waals surface area contributed by atoms with Gasteiger partial charge in [0.15, 0.2) is 0 Å². The van der Waals surface area contributed by atoms with Gasteiger partial charge >= 0.3 is 0 Å². The van der Waals surface area contributed by atoms with E-state index in [2.05, 4.69) is 49.8 Å². The molecule has 0 N–H and O–H groups in total. The maximum Gasteiger partial charge on any atom is 0.222 e. The molecule has 0 bridgehead atoms. The molecule has 0 spiro atoms. The van der Waals surface area contributed by atoms with Gasteiger partial charge < -0.3 is 14.7 Å². The molecule has 0 radical (unpaired) electrons. The van der Waals surface area contributed by atoms with E-state index in [1.165, 1.54) is 89.9 Å². The third-order valence-corrected chi connectivity index (χ3v) is 6.41. The van der Waals surface area contributed by atoms with Crippen molar-refractivity contribution in [2.24, 2.45) is 0 Å². The fourth-order valence-electron chi connectivity index (χ4n) is 4.32. The van der Waals surface area contributed by atoms with Crippen LogP contribution >= 0.6 is 0 Å². The molecule has 0 aliphatic rings. The van der Waals surface area contributed by atoms with Crippen LogP contribution in [-0.4, -0.2) is 75.0 Å². The normalized spacial score (nSPS) is 11.6. The molecule has 4 nitrogen and oxygen atoms in total. The van der Waals surface area contributed by atoms with Crippen molar-refractivity contribution in [1.82, 2.24) is 14.7 Å². The molecule has 0 fully saturated rings. The van der Waals surface area contributed by atoms with Crippen LogP contribution in [0.25, 0.3) is 0 Å². The number of carbonyl (C=O) groups is 1. The van der Waals surface area contributed by atoms with Gasteiger partial charge in [-0.15, -0.1) is 0 Å². The van der Waals surface area contributed by atoms with Gasteiger partial charge in [-0.05, 0) is 60.5 Å². The zero-order chi connectivity index (χ0) is 23.9. The van der Waals surface area contributed by atoms with Crippen molar-refractivity contribution in [2.45, 2.75) is 122 Å². The topological polar surface area (TPSA) is 26.8 Å². The molecule has 0 aromatic rings. The van der Waals surface area contributed by atoms with Gasteiger partial charge in [-0.3, -0.25) is 4.79 Å². The summed E-state index contributed by atoms with van der Waals surface area (Å²) in [6, 6.07) is 0. The zero-order valence-corrected chi connectivity index (χ0v) is 22.8. The van der Waals surface area contributed by atoms with Crippen LogP contribution in [-0.2, 0) is 4.79 Å². The number of nitrogens with zero attached hydrogens (tertiary/aromatic N) is 3. The predicted octanol–water partition coefficient (Wildman–Crippen LogP) is 6.98. The molecule has 0 aromatic carbocycles. The smallest absolute Gasteiger partial charge is 0.222 e. The standard InChI is InChI=1S/C28H59N3O/c1-6-7-8-9-10-11-12-13-14-15-16-17-18-19-20-23-28(32)31(26-21-24-29(2)3)27-22-25-30(4)5/h6-27H2,1-5H3. The Morgan fingerprint density at radius 3 is 1.16 bits per heavy atom.